The molecule has 0 unspecified atom stereocenters. The van der Waals surface area contributed by atoms with Gasteiger partial charge in [-0.1, -0.05) is 48.5 Å². The van der Waals surface area contributed by atoms with E-state index < -0.39 is 5.97 Å². The highest BCUT2D eigenvalue weighted by molar-refractivity contribution is 6.09. The Morgan fingerprint density at radius 3 is 2.10 bits per heavy atom. The van der Waals surface area contributed by atoms with Gasteiger partial charge in [-0.2, -0.15) is 0 Å². The van der Waals surface area contributed by atoms with Gasteiger partial charge in [-0.25, -0.2) is 4.79 Å². The molecule has 0 bridgehead atoms. The Hall–Kier alpha value is -3.34. The summed E-state index contributed by atoms with van der Waals surface area (Å²) in [5.41, 5.74) is 4.29. The third kappa shape index (κ3) is 4.15. The van der Waals surface area contributed by atoms with E-state index >= 15 is 0 Å². The fraction of sp³-hybridized carbons (Fsp3) is 0.280. The van der Waals surface area contributed by atoms with Crippen LogP contribution in [0.2, 0.25) is 0 Å². The van der Waals surface area contributed by atoms with Crippen molar-refractivity contribution < 1.29 is 14.3 Å². The molecule has 0 saturated heterocycles. The van der Waals surface area contributed by atoms with Crippen molar-refractivity contribution in [1.82, 2.24) is 4.57 Å². The number of esters is 1. The standard InChI is InChI=1S/C25H28N2O3/c1-5-26(21-15-11-8-12-16-21)24(28)22-18(3)23(25(29)30-6-2)27(19(22)4)17-20-13-9-7-10-14-20/h7-16H,5-6,17H2,1-4H3. The number of rotatable bonds is 7. The predicted octanol–water partition coefficient (Wildman–Crippen LogP) is 5.00. The predicted molar refractivity (Wildman–Crippen MR) is 119 cm³/mol. The summed E-state index contributed by atoms with van der Waals surface area (Å²) in [7, 11) is 0. The van der Waals surface area contributed by atoms with Crippen LogP contribution >= 0.6 is 0 Å². The first-order valence-corrected chi connectivity index (χ1v) is 10.3. The highest BCUT2D eigenvalue weighted by Crippen LogP contribution is 2.27. The number of carbonyl (C=O) groups excluding carboxylic acids is 2. The van der Waals surface area contributed by atoms with Gasteiger partial charge < -0.3 is 14.2 Å². The third-order valence-corrected chi connectivity index (χ3v) is 5.26. The SMILES string of the molecule is CCOC(=O)c1c(C)c(C(=O)N(CC)c2ccccc2)c(C)n1Cc1ccccc1. The van der Waals surface area contributed by atoms with Gasteiger partial charge in [0.25, 0.3) is 5.91 Å². The smallest absolute Gasteiger partial charge is 0.355 e. The number of hydrogen-bond donors (Lipinski definition) is 0. The number of amides is 1. The Kier molecular flexibility index (Phi) is 6.72. The van der Waals surface area contributed by atoms with Crippen LogP contribution in [0.5, 0.6) is 0 Å². The van der Waals surface area contributed by atoms with Crippen molar-refractivity contribution in [2.45, 2.75) is 34.2 Å². The largest absolute Gasteiger partial charge is 0.461 e. The second kappa shape index (κ2) is 9.44. The van der Waals surface area contributed by atoms with Crippen LogP contribution in [0, 0.1) is 13.8 Å². The van der Waals surface area contributed by atoms with Crippen molar-refractivity contribution in [1.29, 1.82) is 0 Å². The molecule has 3 aromatic rings. The van der Waals surface area contributed by atoms with Crippen molar-refractivity contribution in [3.05, 3.63) is 88.7 Å². The van der Waals surface area contributed by atoms with Gasteiger partial charge in [-0.15, -0.1) is 0 Å². The maximum atomic E-state index is 13.6. The summed E-state index contributed by atoms with van der Waals surface area (Å²) in [5, 5.41) is 0. The van der Waals surface area contributed by atoms with Gasteiger partial charge >= 0.3 is 5.97 Å². The monoisotopic (exact) mass is 404 g/mol. The van der Waals surface area contributed by atoms with E-state index in [1.807, 2.05) is 86.0 Å². The first kappa shape index (κ1) is 21.4. The third-order valence-electron chi connectivity index (χ3n) is 5.26. The summed E-state index contributed by atoms with van der Waals surface area (Å²) in [6, 6.07) is 19.5. The van der Waals surface area contributed by atoms with Crippen LogP contribution in [0.3, 0.4) is 0 Å². The molecule has 0 saturated carbocycles. The summed E-state index contributed by atoms with van der Waals surface area (Å²) in [6.07, 6.45) is 0. The Bertz CT molecular complexity index is 1020. The Balaban J connectivity index is 2.11. The van der Waals surface area contributed by atoms with Crippen molar-refractivity contribution in [3.8, 4) is 0 Å². The Morgan fingerprint density at radius 2 is 1.53 bits per heavy atom. The maximum Gasteiger partial charge on any atom is 0.355 e. The minimum absolute atomic E-state index is 0.115. The topological polar surface area (TPSA) is 51.5 Å². The Morgan fingerprint density at radius 1 is 0.933 bits per heavy atom. The molecule has 0 atom stereocenters. The average Bonchev–Trinajstić information content (AvgIpc) is 2.99. The number of hydrogen-bond acceptors (Lipinski definition) is 3. The molecule has 0 radical (unpaired) electrons. The number of aromatic nitrogens is 1. The summed E-state index contributed by atoms with van der Waals surface area (Å²) in [6.45, 7) is 8.75. The maximum absolute atomic E-state index is 13.6. The van der Waals surface area contributed by atoms with Crippen LogP contribution in [0.1, 0.15) is 51.5 Å². The molecular formula is C25H28N2O3. The van der Waals surface area contributed by atoms with Crippen LogP contribution < -0.4 is 4.90 Å². The van der Waals surface area contributed by atoms with E-state index in [1.54, 1.807) is 11.8 Å². The van der Waals surface area contributed by atoms with Crippen molar-refractivity contribution in [3.63, 3.8) is 0 Å². The average molecular weight is 405 g/mol. The lowest BCUT2D eigenvalue weighted by atomic mass is 10.1. The molecule has 156 valence electrons. The first-order chi connectivity index (χ1) is 14.5. The molecule has 5 heteroatoms. The second-order valence-electron chi connectivity index (χ2n) is 7.11. The quantitative estimate of drug-likeness (QED) is 0.521. The highest BCUT2D eigenvalue weighted by atomic mass is 16.5. The zero-order valence-electron chi connectivity index (χ0n) is 18.0. The van der Waals surface area contributed by atoms with Crippen LogP contribution in [-0.4, -0.2) is 29.6 Å². The summed E-state index contributed by atoms with van der Waals surface area (Å²) < 4.78 is 7.22. The minimum atomic E-state index is -0.407. The van der Waals surface area contributed by atoms with Gasteiger partial charge in [0.1, 0.15) is 5.69 Å². The Labute approximate surface area is 177 Å². The fourth-order valence-electron chi connectivity index (χ4n) is 3.82. The van der Waals surface area contributed by atoms with Crippen LogP contribution in [0.15, 0.2) is 60.7 Å². The minimum Gasteiger partial charge on any atom is -0.461 e. The lowest BCUT2D eigenvalue weighted by Gasteiger charge is -2.21. The number of nitrogens with zero attached hydrogens (tertiary/aromatic N) is 2. The van der Waals surface area contributed by atoms with Crippen molar-refractivity contribution >= 4 is 17.6 Å². The summed E-state index contributed by atoms with van der Waals surface area (Å²) in [4.78, 5) is 28.1. The van der Waals surface area contributed by atoms with Crippen molar-refractivity contribution in [2.24, 2.45) is 0 Å². The molecule has 1 amide bonds. The van der Waals surface area contributed by atoms with Gasteiger partial charge in [-0.3, -0.25) is 4.79 Å². The molecule has 0 N–H and O–H groups in total. The van der Waals surface area contributed by atoms with Gasteiger partial charge in [0.05, 0.1) is 12.2 Å². The normalized spacial score (nSPS) is 10.7. The molecule has 0 aliphatic heterocycles. The number of para-hydroxylation sites is 1. The zero-order valence-corrected chi connectivity index (χ0v) is 18.0. The second-order valence-corrected chi connectivity index (χ2v) is 7.11. The van der Waals surface area contributed by atoms with Crippen molar-refractivity contribution in [2.75, 3.05) is 18.1 Å². The molecule has 1 heterocycles. The molecule has 2 aromatic carbocycles. The van der Waals surface area contributed by atoms with E-state index in [1.165, 1.54) is 0 Å². The van der Waals surface area contributed by atoms with E-state index in [4.69, 9.17) is 4.74 Å². The van der Waals surface area contributed by atoms with E-state index in [0.717, 1.165) is 16.9 Å². The van der Waals surface area contributed by atoms with E-state index in [9.17, 15) is 9.59 Å². The fourth-order valence-corrected chi connectivity index (χ4v) is 3.82. The highest BCUT2D eigenvalue weighted by Gasteiger charge is 2.29. The van der Waals surface area contributed by atoms with E-state index in [-0.39, 0.29) is 12.5 Å². The molecule has 3 rings (SSSR count). The number of ether oxygens (including phenoxy) is 1. The molecule has 0 aliphatic carbocycles. The number of benzene rings is 2. The molecule has 5 nitrogen and oxygen atoms in total. The lowest BCUT2D eigenvalue weighted by Crippen LogP contribution is -2.31. The number of anilines is 1. The number of carbonyl (C=O) groups is 2. The first-order valence-electron chi connectivity index (χ1n) is 10.3. The van der Waals surface area contributed by atoms with E-state index in [2.05, 4.69) is 0 Å². The zero-order chi connectivity index (χ0) is 21.7. The van der Waals surface area contributed by atoms with Gasteiger partial charge in [-0.05, 0) is 51.0 Å². The van der Waals surface area contributed by atoms with E-state index in [0.29, 0.717) is 29.9 Å². The molecular weight excluding hydrogens is 376 g/mol. The van der Waals surface area contributed by atoms with Gasteiger partial charge in [0, 0.05) is 24.5 Å². The van der Waals surface area contributed by atoms with Crippen LogP contribution in [0.25, 0.3) is 0 Å². The van der Waals surface area contributed by atoms with Crippen LogP contribution in [-0.2, 0) is 11.3 Å². The van der Waals surface area contributed by atoms with Gasteiger partial charge in [0.2, 0.25) is 0 Å². The summed E-state index contributed by atoms with van der Waals surface area (Å²) >= 11 is 0. The molecule has 30 heavy (non-hydrogen) atoms. The van der Waals surface area contributed by atoms with Gasteiger partial charge in [0.15, 0.2) is 0 Å². The summed E-state index contributed by atoms with van der Waals surface area (Å²) in [5.74, 6) is -0.521. The molecule has 0 fully saturated rings. The molecule has 1 aromatic heterocycles. The molecule has 0 spiro atoms. The lowest BCUT2D eigenvalue weighted by molar-refractivity contribution is 0.0513. The molecule has 0 aliphatic rings. The van der Waals surface area contributed by atoms with Crippen LogP contribution in [0.4, 0.5) is 5.69 Å².